The van der Waals surface area contributed by atoms with Gasteiger partial charge in [0.05, 0.1) is 5.25 Å². The Hall–Kier alpha value is -1.23. The molecule has 156 valence electrons. The molecule has 5 heteroatoms. The number of phenolic OH excluding ortho intramolecular Hbond substituents is 1. The van der Waals surface area contributed by atoms with Gasteiger partial charge in [-0.25, -0.2) is 0 Å². The number of aromatic hydroxyl groups is 1. The predicted molar refractivity (Wildman–Crippen MR) is 113 cm³/mol. The standard InChI is InChI=1S/C22H38O4S/c1-4-6-7-8-9-10-11-12-13-14-16-20(5-2)27(24,25)26-22-18-15-17-21(23)19(22)3/h15,17-18,20,23H,4-14,16H2,1-3H3. The van der Waals surface area contributed by atoms with Crippen molar-refractivity contribution in [1.29, 1.82) is 0 Å². The fourth-order valence-electron chi connectivity index (χ4n) is 3.30. The molecule has 1 aromatic rings. The van der Waals surface area contributed by atoms with Crippen LogP contribution < -0.4 is 4.18 Å². The van der Waals surface area contributed by atoms with Gasteiger partial charge in [-0.1, -0.05) is 84.1 Å². The molecule has 0 aromatic heterocycles. The van der Waals surface area contributed by atoms with E-state index in [2.05, 4.69) is 6.92 Å². The largest absolute Gasteiger partial charge is 0.508 e. The van der Waals surface area contributed by atoms with Crippen molar-refractivity contribution in [3.8, 4) is 11.5 Å². The highest BCUT2D eigenvalue weighted by Gasteiger charge is 2.26. The monoisotopic (exact) mass is 398 g/mol. The first kappa shape index (κ1) is 23.8. The van der Waals surface area contributed by atoms with E-state index in [1.807, 2.05) is 6.92 Å². The molecule has 0 aliphatic carbocycles. The SMILES string of the molecule is CCCCCCCCCCCCC(CC)S(=O)(=O)Oc1cccc(O)c1C. The van der Waals surface area contributed by atoms with E-state index < -0.39 is 15.4 Å². The van der Waals surface area contributed by atoms with Crippen molar-refractivity contribution >= 4 is 10.1 Å². The predicted octanol–water partition coefficient (Wildman–Crippen LogP) is 6.50. The van der Waals surface area contributed by atoms with Crippen molar-refractivity contribution in [2.75, 3.05) is 0 Å². The lowest BCUT2D eigenvalue weighted by atomic mass is 10.0. The fraction of sp³-hybridized carbons (Fsp3) is 0.727. The summed E-state index contributed by atoms with van der Waals surface area (Å²) >= 11 is 0. The minimum atomic E-state index is -3.69. The normalized spacial score (nSPS) is 12.9. The van der Waals surface area contributed by atoms with Gasteiger partial charge in [-0.2, -0.15) is 8.42 Å². The zero-order valence-electron chi connectivity index (χ0n) is 17.4. The van der Waals surface area contributed by atoms with Crippen LogP contribution in [0.2, 0.25) is 0 Å². The van der Waals surface area contributed by atoms with Gasteiger partial charge in [-0.3, -0.25) is 0 Å². The van der Waals surface area contributed by atoms with Gasteiger partial charge in [0.15, 0.2) is 0 Å². The molecule has 0 aliphatic rings. The highest BCUT2D eigenvalue weighted by Crippen LogP contribution is 2.29. The summed E-state index contributed by atoms with van der Waals surface area (Å²) in [6.07, 6.45) is 13.5. The Morgan fingerprint density at radius 3 is 2.04 bits per heavy atom. The van der Waals surface area contributed by atoms with Crippen LogP contribution in [0.4, 0.5) is 0 Å². The molecule has 1 aromatic carbocycles. The number of benzene rings is 1. The van der Waals surface area contributed by atoms with Crippen LogP contribution in [0.5, 0.6) is 11.5 Å². The molecule has 1 rings (SSSR count). The van der Waals surface area contributed by atoms with Crippen LogP contribution in [-0.2, 0) is 10.1 Å². The molecule has 0 amide bonds. The summed E-state index contributed by atoms with van der Waals surface area (Å²) in [5.74, 6) is 0.266. The smallest absolute Gasteiger partial charge is 0.312 e. The first-order chi connectivity index (χ1) is 12.9. The summed E-state index contributed by atoms with van der Waals surface area (Å²) in [5, 5.41) is 9.23. The Labute approximate surface area is 166 Å². The molecule has 1 atom stereocenters. The second-order valence-electron chi connectivity index (χ2n) is 7.48. The molecule has 0 radical (unpaired) electrons. The van der Waals surface area contributed by atoms with Crippen molar-refractivity contribution in [3.63, 3.8) is 0 Å². The number of rotatable bonds is 15. The molecule has 0 spiro atoms. The molecule has 4 nitrogen and oxygen atoms in total. The van der Waals surface area contributed by atoms with E-state index in [9.17, 15) is 13.5 Å². The number of phenols is 1. The minimum Gasteiger partial charge on any atom is -0.508 e. The minimum absolute atomic E-state index is 0.0467. The van der Waals surface area contributed by atoms with Crippen molar-refractivity contribution in [2.24, 2.45) is 0 Å². The summed E-state index contributed by atoms with van der Waals surface area (Å²) in [6, 6.07) is 4.70. The quantitative estimate of drug-likeness (QED) is 0.270. The van der Waals surface area contributed by atoms with Gasteiger partial charge in [0.1, 0.15) is 11.5 Å². The topological polar surface area (TPSA) is 63.6 Å². The Morgan fingerprint density at radius 1 is 0.926 bits per heavy atom. The molecule has 1 unspecified atom stereocenters. The Balaban J connectivity index is 2.32. The third kappa shape index (κ3) is 9.00. The maximum Gasteiger partial charge on any atom is 0.312 e. The summed E-state index contributed by atoms with van der Waals surface area (Å²) in [4.78, 5) is 0. The second kappa shape index (κ2) is 13.0. The molecule has 0 aliphatic heterocycles. The van der Waals surface area contributed by atoms with Crippen LogP contribution in [0.1, 0.15) is 96.5 Å². The highest BCUT2D eigenvalue weighted by molar-refractivity contribution is 7.87. The van der Waals surface area contributed by atoms with Crippen LogP contribution in [0.3, 0.4) is 0 Å². The average Bonchev–Trinajstić information content (AvgIpc) is 2.63. The Kier molecular flexibility index (Phi) is 11.5. The van der Waals surface area contributed by atoms with Gasteiger partial charge in [0, 0.05) is 5.56 Å². The van der Waals surface area contributed by atoms with E-state index in [0.29, 0.717) is 18.4 Å². The highest BCUT2D eigenvalue weighted by atomic mass is 32.2. The lowest BCUT2D eigenvalue weighted by molar-refractivity contribution is 0.444. The van der Waals surface area contributed by atoms with Crippen LogP contribution in [0, 0.1) is 6.92 Å². The second-order valence-corrected chi connectivity index (χ2v) is 9.30. The summed E-state index contributed by atoms with van der Waals surface area (Å²) in [7, 11) is -3.69. The summed E-state index contributed by atoms with van der Waals surface area (Å²) in [6.45, 7) is 5.78. The van der Waals surface area contributed by atoms with Gasteiger partial charge in [0.25, 0.3) is 0 Å². The van der Waals surface area contributed by atoms with Crippen molar-refractivity contribution in [2.45, 2.75) is 103 Å². The van der Waals surface area contributed by atoms with Gasteiger partial charge < -0.3 is 9.29 Å². The van der Waals surface area contributed by atoms with E-state index >= 15 is 0 Å². The van der Waals surface area contributed by atoms with Crippen LogP contribution in [0.15, 0.2) is 18.2 Å². The summed E-state index contributed by atoms with van der Waals surface area (Å²) in [5.41, 5.74) is 0.454. The third-order valence-corrected chi connectivity index (χ3v) is 7.00. The van der Waals surface area contributed by atoms with E-state index in [1.54, 1.807) is 19.1 Å². The van der Waals surface area contributed by atoms with Gasteiger partial charge in [-0.05, 0) is 31.9 Å². The van der Waals surface area contributed by atoms with Crippen molar-refractivity contribution in [1.82, 2.24) is 0 Å². The summed E-state index contributed by atoms with van der Waals surface area (Å²) < 4.78 is 30.5. The zero-order valence-corrected chi connectivity index (χ0v) is 18.2. The van der Waals surface area contributed by atoms with Crippen molar-refractivity contribution in [3.05, 3.63) is 23.8 Å². The Bertz CT molecular complexity index is 625. The first-order valence-corrected chi connectivity index (χ1v) is 12.1. The van der Waals surface area contributed by atoms with Gasteiger partial charge in [-0.15, -0.1) is 0 Å². The van der Waals surface area contributed by atoms with E-state index in [-0.39, 0.29) is 11.5 Å². The lowest BCUT2D eigenvalue weighted by Crippen LogP contribution is -2.25. The average molecular weight is 399 g/mol. The fourth-order valence-corrected chi connectivity index (χ4v) is 4.73. The third-order valence-electron chi connectivity index (χ3n) is 5.20. The number of unbranched alkanes of at least 4 members (excludes halogenated alkanes) is 9. The van der Waals surface area contributed by atoms with Gasteiger partial charge >= 0.3 is 10.1 Å². The molecule has 0 bridgehead atoms. The van der Waals surface area contributed by atoms with E-state index in [0.717, 1.165) is 12.8 Å². The van der Waals surface area contributed by atoms with Crippen molar-refractivity contribution < 1.29 is 17.7 Å². The maximum absolute atomic E-state index is 12.6. The molecular formula is C22H38O4S. The maximum atomic E-state index is 12.6. The molecule has 0 heterocycles. The van der Waals surface area contributed by atoms with E-state index in [4.69, 9.17) is 4.18 Å². The molecule has 0 fully saturated rings. The molecule has 0 saturated carbocycles. The molecule has 0 saturated heterocycles. The molecular weight excluding hydrogens is 360 g/mol. The van der Waals surface area contributed by atoms with Crippen LogP contribution in [0.25, 0.3) is 0 Å². The number of hydrogen-bond acceptors (Lipinski definition) is 4. The first-order valence-electron chi connectivity index (χ1n) is 10.6. The zero-order chi connectivity index (χ0) is 20.1. The molecule has 1 N–H and O–H groups in total. The Morgan fingerprint density at radius 2 is 1.48 bits per heavy atom. The van der Waals surface area contributed by atoms with Crippen LogP contribution >= 0.6 is 0 Å². The number of hydrogen-bond donors (Lipinski definition) is 1. The van der Waals surface area contributed by atoms with E-state index in [1.165, 1.54) is 57.4 Å². The van der Waals surface area contributed by atoms with Crippen LogP contribution in [-0.4, -0.2) is 18.8 Å². The lowest BCUT2D eigenvalue weighted by Gasteiger charge is -2.17. The van der Waals surface area contributed by atoms with Gasteiger partial charge in [0.2, 0.25) is 0 Å². The molecule has 27 heavy (non-hydrogen) atoms.